The lowest BCUT2D eigenvalue weighted by atomic mass is 10.1. The first-order valence-electron chi connectivity index (χ1n) is 7.66. The van der Waals surface area contributed by atoms with E-state index in [1.807, 2.05) is 18.2 Å². The number of quaternary nitrogens is 1. The first-order valence-corrected chi connectivity index (χ1v) is 10.0. The van der Waals surface area contributed by atoms with Crippen LogP contribution in [0.25, 0.3) is 0 Å². The second-order valence-corrected chi connectivity index (χ2v) is 8.51. The van der Waals surface area contributed by atoms with Gasteiger partial charge in [0.15, 0.2) is 0 Å². The molecule has 0 spiro atoms. The standard InChI is InChI=1S/C16H20N2O3S2/c19-23(20,16-6-3-11-22-16)17-12-14-4-1-2-5-15(14)13-18-7-9-21-10-8-18/h1-6,11,17H,7-10,12-13H2/p+1. The van der Waals surface area contributed by atoms with Gasteiger partial charge in [0.2, 0.25) is 10.0 Å². The Balaban J connectivity index is 1.68. The zero-order chi connectivity index (χ0) is 16.1. The van der Waals surface area contributed by atoms with Crippen LogP contribution in [0.1, 0.15) is 11.1 Å². The van der Waals surface area contributed by atoms with E-state index in [9.17, 15) is 8.42 Å². The molecule has 23 heavy (non-hydrogen) atoms. The summed E-state index contributed by atoms with van der Waals surface area (Å²) in [6, 6.07) is 11.4. The SMILES string of the molecule is O=S(=O)(NCc1ccccc1C[NH+]1CCOCC1)c1cccs1. The summed E-state index contributed by atoms with van der Waals surface area (Å²) in [5.41, 5.74) is 2.23. The molecule has 1 aromatic carbocycles. The van der Waals surface area contributed by atoms with Gasteiger partial charge >= 0.3 is 0 Å². The van der Waals surface area contributed by atoms with Crippen molar-refractivity contribution in [2.45, 2.75) is 17.3 Å². The lowest BCUT2D eigenvalue weighted by molar-refractivity contribution is -0.921. The number of hydrogen-bond acceptors (Lipinski definition) is 4. The van der Waals surface area contributed by atoms with Gasteiger partial charge in [-0.3, -0.25) is 0 Å². The van der Waals surface area contributed by atoms with E-state index in [1.165, 1.54) is 21.8 Å². The maximum absolute atomic E-state index is 12.2. The first-order chi connectivity index (χ1) is 11.1. The molecule has 1 aliphatic heterocycles. The second-order valence-electron chi connectivity index (χ2n) is 5.56. The number of sulfonamides is 1. The van der Waals surface area contributed by atoms with Crippen LogP contribution in [0.3, 0.4) is 0 Å². The van der Waals surface area contributed by atoms with Gasteiger partial charge in [0.1, 0.15) is 23.8 Å². The number of morpholine rings is 1. The third-order valence-electron chi connectivity index (χ3n) is 3.97. The van der Waals surface area contributed by atoms with Crippen molar-refractivity contribution in [3.63, 3.8) is 0 Å². The molecule has 7 heteroatoms. The van der Waals surface area contributed by atoms with Gasteiger partial charge in [-0.05, 0) is 17.0 Å². The molecule has 0 amide bonds. The number of ether oxygens (including phenoxy) is 1. The van der Waals surface area contributed by atoms with Gasteiger partial charge < -0.3 is 9.64 Å². The van der Waals surface area contributed by atoms with E-state index in [-0.39, 0.29) is 0 Å². The third kappa shape index (κ3) is 4.39. The molecular weight excluding hydrogens is 332 g/mol. The molecule has 0 radical (unpaired) electrons. The summed E-state index contributed by atoms with van der Waals surface area (Å²) in [4.78, 5) is 1.48. The normalized spacial score (nSPS) is 16.5. The fraction of sp³-hybridized carbons (Fsp3) is 0.375. The van der Waals surface area contributed by atoms with Crippen molar-refractivity contribution in [1.29, 1.82) is 0 Å². The van der Waals surface area contributed by atoms with Crippen LogP contribution in [0, 0.1) is 0 Å². The zero-order valence-corrected chi connectivity index (χ0v) is 14.5. The van der Waals surface area contributed by atoms with E-state index >= 15 is 0 Å². The molecule has 1 aliphatic rings. The van der Waals surface area contributed by atoms with Crippen LogP contribution in [-0.4, -0.2) is 34.7 Å². The molecule has 0 unspecified atom stereocenters. The fourth-order valence-electron chi connectivity index (χ4n) is 2.67. The van der Waals surface area contributed by atoms with E-state index in [0.29, 0.717) is 10.8 Å². The Bertz CT molecular complexity index is 724. The summed E-state index contributed by atoms with van der Waals surface area (Å²) in [7, 11) is -3.42. The van der Waals surface area contributed by atoms with E-state index in [0.717, 1.165) is 38.4 Å². The molecular formula is C16H21N2O3S2+. The van der Waals surface area contributed by atoms with Gasteiger partial charge in [-0.1, -0.05) is 30.3 Å². The van der Waals surface area contributed by atoms with Crippen molar-refractivity contribution in [1.82, 2.24) is 4.72 Å². The van der Waals surface area contributed by atoms with E-state index in [4.69, 9.17) is 4.74 Å². The maximum Gasteiger partial charge on any atom is 0.250 e. The lowest BCUT2D eigenvalue weighted by Crippen LogP contribution is -3.12. The van der Waals surface area contributed by atoms with Crippen LogP contribution in [0.2, 0.25) is 0 Å². The highest BCUT2D eigenvalue weighted by molar-refractivity contribution is 7.91. The summed E-state index contributed by atoms with van der Waals surface area (Å²) in [6.45, 7) is 4.80. The second kappa shape index (κ2) is 7.55. The molecule has 1 saturated heterocycles. The summed E-state index contributed by atoms with van der Waals surface area (Å²) < 4.78 is 32.9. The number of nitrogens with one attached hydrogen (secondary N) is 2. The average Bonchev–Trinajstić information content (AvgIpc) is 3.11. The van der Waals surface area contributed by atoms with E-state index in [2.05, 4.69) is 10.8 Å². The van der Waals surface area contributed by atoms with Gasteiger partial charge in [-0.25, -0.2) is 13.1 Å². The summed E-state index contributed by atoms with van der Waals surface area (Å²) in [5, 5.41) is 1.77. The maximum atomic E-state index is 12.2. The predicted octanol–water partition coefficient (Wildman–Crippen LogP) is 0.642. The van der Waals surface area contributed by atoms with E-state index < -0.39 is 10.0 Å². The molecule has 2 N–H and O–H groups in total. The van der Waals surface area contributed by atoms with Gasteiger partial charge in [-0.2, -0.15) is 0 Å². The van der Waals surface area contributed by atoms with Crippen LogP contribution in [0.15, 0.2) is 46.0 Å². The summed E-state index contributed by atoms with van der Waals surface area (Å²) in [6.07, 6.45) is 0. The van der Waals surface area contributed by atoms with Crippen molar-refractivity contribution in [3.8, 4) is 0 Å². The minimum Gasteiger partial charge on any atom is -0.370 e. The Kier molecular flexibility index (Phi) is 5.45. The highest BCUT2D eigenvalue weighted by Crippen LogP contribution is 2.16. The van der Waals surface area contributed by atoms with Crippen molar-refractivity contribution in [3.05, 3.63) is 52.9 Å². The Morgan fingerprint density at radius 2 is 1.83 bits per heavy atom. The van der Waals surface area contributed by atoms with Crippen LogP contribution in [0.5, 0.6) is 0 Å². The van der Waals surface area contributed by atoms with Gasteiger partial charge in [0, 0.05) is 12.1 Å². The average molecular weight is 353 g/mol. The van der Waals surface area contributed by atoms with E-state index in [1.54, 1.807) is 17.5 Å². The van der Waals surface area contributed by atoms with Crippen molar-refractivity contribution in [2.24, 2.45) is 0 Å². The Morgan fingerprint density at radius 3 is 2.52 bits per heavy atom. The number of thiophene rings is 1. The number of rotatable bonds is 6. The van der Waals surface area contributed by atoms with Crippen LogP contribution in [-0.2, 0) is 27.8 Å². The monoisotopic (exact) mass is 353 g/mol. The largest absolute Gasteiger partial charge is 0.370 e. The fourth-order valence-corrected chi connectivity index (χ4v) is 4.71. The quantitative estimate of drug-likeness (QED) is 0.801. The first kappa shape index (κ1) is 16.6. The molecule has 0 saturated carbocycles. The van der Waals surface area contributed by atoms with Crippen LogP contribution >= 0.6 is 11.3 Å². The van der Waals surface area contributed by atoms with Crippen LogP contribution in [0.4, 0.5) is 0 Å². The Hall–Kier alpha value is -1.25. The minimum atomic E-state index is -3.42. The molecule has 1 aromatic heterocycles. The minimum absolute atomic E-state index is 0.320. The van der Waals surface area contributed by atoms with Gasteiger partial charge in [0.05, 0.1) is 13.2 Å². The Morgan fingerprint density at radius 1 is 1.09 bits per heavy atom. The van der Waals surface area contributed by atoms with Crippen molar-refractivity contribution >= 4 is 21.4 Å². The summed E-state index contributed by atoms with van der Waals surface area (Å²) >= 11 is 1.23. The molecule has 0 bridgehead atoms. The molecule has 5 nitrogen and oxygen atoms in total. The van der Waals surface area contributed by atoms with Crippen molar-refractivity contribution < 1.29 is 18.1 Å². The van der Waals surface area contributed by atoms with Crippen LogP contribution < -0.4 is 9.62 Å². The molecule has 3 rings (SSSR count). The predicted molar refractivity (Wildman–Crippen MR) is 90.0 cm³/mol. The zero-order valence-electron chi connectivity index (χ0n) is 12.8. The molecule has 0 aliphatic carbocycles. The highest BCUT2D eigenvalue weighted by Gasteiger charge is 2.18. The third-order valence-corrected chi connectivity index (χ3v) is 6.77. The highest BCUT2D eigenvalue weighted by atomic mass is 32.2. The van der Waals surface area contributed by atoms with Gasteiger partial charge in [0.25, 0.3) is 0 Å². The molecule has 0 atom stereocenters. The summed E-state index contributed by atoms with van der Waals surface area (Å²) in [5.74, 6) is 0. The molecule has 2 aromatic rings. The molecule has 1 fully saturated rings. The smallest absolute Gasteiger partial charge is 0.250 e. The number of benzene rings is 1. The number of hydrogen-bond donors (Lipinski definition) is 2. The molecule has 2 heterocycles. The topological polar surface area (TPSA) is 59.8 Å². The van der Waals surface area contributed by atoms with Gasteiger partial charge in [-0.15, -0.1) is 11.3 Å². The lowest BCUT2D eigenvalue weighted by Gasteiger charge is -2.24. The van der Waals surface area contributed by atoms with Crippen molar-refractivity contribution in [2.75, 3.05) is 26.3 Å². The Labute approximate surface area is 140 Å². The molecule has 124 valence electrons.